The maximum Gasteiger partial charge on any atom is 0.127 e. The number of aliphatic hydroxyl groups is 1. The molecule has 0 atom stereocenters. The van der Waals surface area contributed by atoms with Gasteiger partial charge in [0.15, 0.2) is 0 Å². The number of rotatable bonds is 2. The van der Waals surface area contributed by atoms with Gasteiger partial charge in [-0.15, -0.1) is 0 Å². The van der Waals surface area contributed by atoms with Gasteiger partial charge in [-0.25, -0.2) is 0 Å². The Kier molecular flexibility index (Phi) is 3.03. The molecule has 2 rings (SSSR count). The van der Waals surface area contributed by atoms with Gasteiger partial charge in [-0.2, -0.15) is 0 Å². The highest BCUT2D eigenvalue weighted by Gasteiger charge is 2.35. The highest BCUT2D eigenvalue weighted by Crippen LogP contribution is 2.39. The van der Waals surface area contributed by atoms with E-state index in [1.165, 1.54) is 0 Å². The number of nitrogens with one attached hydrogen (secondary N) is 1. The van der Waals surface area contributed by atoms with Gasteiger partial charge in [-0.3, -0.25) is 0 Å². The third-order valence-electron chi connectivity index (χ3n) is 3.17. The van der Waals surface area contributed by atoms with E-state index in [2.05, 4.69) is 5.32 Å². The molecule has 1 aromatic rings. The highest BCUT2D eigenvalue weighted by atomic mass is 16.5. The Bertz CT molecular complexity index is 373. The van der Waals surface area contributed by atoms with Crippen LogP contribution in [0.3, 0.4) is 0 Å². The fourth-order valence-corrected chi connectivity index (χ4v) is 2.31. The molecule has 0 spiro atoms. The fraction of sp³-hybridized carbons (Fsp3) is 0.500. The zero-order valence-corrected chi connectivity index (χ0v) is 9.49. The van der Waals surface area contributed by atoms with E-state index in [9.17, 15) is 5.11 Å². The minimum absolute atomic E-state index is 0.601. The number of nitrogens with two attached hydrogens (primary N) is 1. The first kappa shape index (κ1) is 11.2. The normalized spacial score (nSPS) is 19.4. The molecule has 1 aliphatic rings. The van der Waals surface area contributed by atoms with Gasteiger partial charge in [0, 0.05) is 11.3 Å². The van der Waals surface area contributed by atoms with Crippen molar-refractivity contribution in [3.8, 4) is 5.75 Å². The first-order chi connectivity index (χ1) is 7.67. The van der Waals surface area contributed by atoms with Crippen LogP contribution in [0.2, 0.25) is 0 Å². The van der Waals surface area contributed by atoms with Gasteiger partial charge in [0.2, 0.25) is 0 Å². The van der Waals surface area contributed by atoms with Gasteiger partial charge in [0.25, 0.3) is 0 Å². The van der Waals surface area contributed by atoms with Gasteiger partial charge >= 0.3 is 0 Å². The molecule has 4 heteroatoms. The monoisotopic (exact) mass is 222 g/mol. The first-order valence-electron chi connectivity index (χ1n) is 5.53. The summed E-state index contributed by atoms with van der Waals surface area (Å²) in [5.74, 6) is 0.671. The van der Waals surface area contributed by atoms with Gasteiger partial charge in [0.05, 0.1) is 12.7 Å². The molecule has 4 N–H and O–H groups in total. The zero-order chi connectivity index (χ0) is 11.6. The molecule has 0 unspecified atom stereocenters. The lowest BCUT2D eigenvalue weighted by Gasteiger charge is -2.34. The smallest absolute Gasteiger partial charge is 0.127 e. The Balaban J connectivity index is 2.44. The summed E-state index contributed by atoms with van der Waals surface area (Å²) in [6.07, 6.45) is 1.33. The number of ether oxygens (including phenoxy) is 1. The predicted octanol–water partition coefficient (Wildman–Crippen LogP) is 0.848. The standard InChI is InChI=1S/C12H18N2O2/c1-16-10-4-2-3-9(13)11(10)12(15)5-7-14-8-6-12/h2-4,14-15H,5-8,13H2,1H3. The summed E-state index contributed by atoms with van der Waals surface area (Å²) < 4.78 is 5.28. The van der Waals surface area contributed by atoms with Crippen LogP contribution in [0.15, 0.2) is 18.2 Å². The quantitative estimate of drug-likeness (QED) is 0.649. The van der Waals surface area contributed by atoms with Crippen LogP contribution >= 0.6 is 0 Å². The molecular formula is C12H18N2O2. The molecule has 0 bridgehead atoms. The number of hydrogen-bond acceptors (Lipinski definition) is 4. The predicted molar refractivity (Wildman–Crippen MR) is 63.4 cm³/mol. The van der Waals surface area contributed by atoms with Crippen molar-refractivity contribution >= 4 is 5.69 Å². The van der Waals surface area contributed by atoms with Crippen LogP contribution < -0.4 is 15.8 Å². The molecule has 0 saturated carbocycles. The van der Waals surface area contributed by atoms with E-state index in [4.69, 9.17) is 10.5 Å². The molecule has 1 aliphatic heterocycles. The van der Waals surface area contributed by atoms with E-state index in [1.54, 1.807) is 13.2 Å². The number of piperidine rings is 1. The second-order valence-corrected chi connectivity index (χ2v) is 4.21. The van der Waals surface area contributed by atoms with Crippen LogP contribution in [-0.4, -0.2) is 25.3 Å². The number of nitrogen functional groups attached to an aromatic ring is 1. The summed E-state index contributed by atoms with van der Waals surface area (Å²) in [5.41, 5.74) is 6.43. The van der Waals surface area contributed by atoms with Crippen molar-refractivity contribution in [1.29, 1.82) is 0 Å². The van der Waals surface area contributed by atoms with Crippen LogP contribution in [0.5, 0.6) is 5.75 Å². The van der Waals surface area contributed by atoms with Crippen molar-refractivity contribution < 1.29 is 9.84 Å². The molecule has 1 fully saturated rings. The van der Waals surface area contributed by atoms with E-state index in [0.29, 0.717) is 24.3 Å². The lowest BCUT2D eigenvalue weighted by Crippen LogP contribution is -2.40. The van der Waals surface area contributed by atoms with E-state index in [1.807, 2.05) is 12.1 Å². The summed E-state index contributed by atoms with van der Waals surface area (Å²) in [6.45, 7) is 1.60. The molecular weight excluding hydrogens is 204 g/mol. The van der Waals surface area contributed by atoms with Crippen molar-refractivity contribution in [3.63, 3.8) is 0 Å². The summed E-state index contributed by atoms with van der Waals surface area (Å²) in [4.78, 5) is 0. The van der Waals surface area contributed by atoms with E-state index in [0.717, 1.165) is 18.7 Å². The highest BCUT2D eigenvalue weighted by molar-refractivity contribution is 5.57. The summed E-state index contributed by atoms with van der Waals surface area (Å²) in [7, 11) is 1.60. The summed E-state index contributed by atoms with van der Waals surface area (Å²) in [5, 5.41) is 13.9. The molecule has 16 heavy (non-hydrogen) atoms. The van der Waals surface area contributed by atoms with Crippen LogP contribution in [0.25, 0.3) is 0 Å². The summed E-state index contributed by atoms with van der Waals surface area (Å²) in [6, 6.07) is 5.48. The average molecular weight is 222 g/mol. The second kappa shape index (κ2) is 4.31. The Morgan fingerprint density at radius 1 is 1.38 bits per heavy atom. The lowest BCUT2D eigenvalue weighted by molar-refractivity contribution is 0.00467. The topological polar surface area (TPSA) is 67.5 Å². The molecule has 1 saturated heterocycles. The van der Waals surface area contributed by atoms with Crippen molar-refractivity contribution in [1.82, 2.24) is 5.32 Å². The number of anilines is 1. The number of methoxy groups -OCH3 is 1. The van der Waals surface area contributed by atoms with Crippen LogP contribution in [-0.2, 0) is 5.60 Å². The Labute approximate surface area is 95.4 Å². The SMILES string of the molecule is COc1cccc(N)c1C1(O)CCNCC1. The molecule has 0 aliphatic carbocycles. The Morgan fingerprint density at radius 2 is 2.06 bits per heavy atom. The molecule has 0 radical (unpaired) electrons. The Morgan fingerprint density at radius 3 is 2.69 bits per heavy atom. The minimum Gasteiger partial charge on any atom is -0.496 e. The Hall–Kier alpha value is -1.26. The number of hydrogen-bond donors (Lipinski definition) is 3. The van der Waals surface area contributed by atoms with Crippen LogP contribution in [0, 0.1) is 0 Å². The van der Waals surface area contributed by atoms with Crippen molar-refractivity contribution in [2.45, 2.75) is 18.4 Å². The minimum atomic E-state index is -0.859. The first-order valence-corrected chi connectivity index (χ1v) is 5.53. The van der Waals surface area contributed by atoms with Crippen molar-refractivity contribution in [2.24, 2.45) is 0 Å². The van der Waals surface area contributed by atoms with Crippen LogP contribution in [0.1, 0.15) is 18.4 Å². The maximum absolute atomic E-state index is 10.6. The second-order valence-electron chi connectivity index (χ2n) is 4.21. The van der Waals surface area contributed by atoms with Gasteiger partial charge < -0.3 is 20.9 Å². The average Bonchev–Trinajstić information content (AvgIpc) is 2.29. The maximum atomic E-state index is 10.6. The molecule has 1 heterocycles. The third kappa shape index (κ3) is 1.86. The lowest BCUT2D eigenvalue weighted by atomic mass is 9.83. The van der Waals surface area contributed by atoms with E-state index < -0.39 is 5.60 Å². The van der Waals surface area contributed by atoms with Crippen LogP contribution in [0.4, 0.5) is 5.69 Å². The number of benzene rings is 1. The fourth-order valence-electron chi connectivity index (χ4n) is 2.31. The zero-order valence-electron chi connectivity index (χ0n) is 9.49. The molecule has 0 amide bonds. The van der Waals surface area contributed by atoms with Gasteiger partial charge in [-0.05, 0) is 38.1 Å². The summed E-state index contributed by atoms with van der Waals surface area (Å²) >= 11 is 0. The van der Waals surface area contributed by atoms with E-state index in [-0.39, 0.29) is 0 Å². The third-order valence-corrected chi connectivity index (χ3v) is 3.17. The molecule has 0 aromatic heterocycles. The largest absolute Gasteiger partial charge is 0.496 e. The van der Waals surface area contributed by atoms with Crippen molar-refractivity contribution in [2.75, 3.05) is 25.9 Å². The van der Waals surface area contributed by atoms with Gasteiger partial charge in [-0.1, -0.05) is 6.07 Å². The molecule has 1 aromatic carbocycles. The molecule has 4 nitrogen and oxygen atoms in total. The van der Waals surface area contributed by atoms with Crippen molar-refractivity contribution in [3.05, 3.63) is 23.8 Å². The molecule has 88 valence electrons. The van der Waals surface area contributed by atoms with E-state index >= 15 is 0 Å². The van der Waals surface area contributed by atoms with Gasteiger partial charge in [0.1, 0.15) is 5.75 Å².